The number of nitrogens with zero attached hydrogens (tertiary/aromatic N) is 1. The van der Waals surface area contributed by atoms with Crippen molar-refractivity contribution in [3.63, 3.8) is 0 Å². The van der Waals surface area contributed by atoms with Crippen LogP contribution in [-0.4, -0.2) is 49.6 Å². The standard InChI is InChI=1S/C11H24N2O2S2/c1-10(12)5-7-16-9-11-4-3-6-13(8-11)17(2,14)15/h10-11H,3-9,12H2,1-2H3. The fraction of sp³-hybridized carbons (Fsp3) is 1.00. The van der Waals surface area contributed by atoms with Gasteiger partial charge in [0.1, 0.15) is 0 Å². The molecule has 0 aromatic rings. The molecule has 1 rings (SSSR count). The summed E-state index contributed by atoms with van der Waals surface area (Å²) in [5.74, 6) is 2.64. The lowest BCUT2D eigenvalue weighted by Gasteiger charge is -2.30. The predicted octanol–water partition coefficient (Wildman–Crippen LogP) is 1.13. The van der Waals surface area contributed by atoms with E-state index in [-0.39, 0.29) is 6.04 Å². The zero-order chi connectivity index (χ0) is 12.9. The van der Waals surface area contributed by atoms with Crippen molar-refractivity contribution in [2.75, 3.05) is 30.9 Å². The maximum atomic E-state index is 11.5. The number of rotatable bonds is 6. The van der Waals surface area contributed by atoms with E-state index >= 15 is 0 Å². The van der Waals surface area contributed by atoms with Crippen LogP contribution < -0.4 is 5.73 Å². The van der Waals surface area contributed by atoms with Crippen LogP contribution in [-0.2, 0) is 10.0 Å². The van der Waals surface area contributed by atoms with Crippen LogP contribution in [0.25, 0.3) is 0 Å². The van der Waals surface area contributed by atoms with E-state index in [9.17, 15) is 8.42 Å². The Kier molecular flexibility index (Phi) is 6.26. The topological polar surface area (TPSA) is 63.4 Å². The van der Waals surface area contributed by atoms with Crippen molar-refractivity contribution in [1.82, 2.24) is 4.31 Å². The largest absolute Gasteiger partial charge is 0.328 e. The van der Waals surface area contributed by atoms with E-state index in [1.54, 1.807) is 4.31 Å². The van der Waals surface area contributed by atoms with Gasteiger partial charge < -0.3 is 5.73 Å². The minimum absolute atomic E-state index is 0.265. The summed E-state index contributed by atoms with van der Waals surface area (Å²) in [5.41, 5.74) is 5.69. The van der Waals surface area contributed by atoms with Gasteiger partial charge in [-0.15, -0.1) is 0 Å². The highest BCUT2D eigenvalue weighted by atomic mass is 32.2. The number of nitrogens with two attached hydrogens (primary N) is 1. The molecule has 4 nitrogen and oxygen atoms in total. The Hall–Kier alpha value is 0.220. The highest BCUT2D eigenvalue weighted by molar-refractivity contribution is 7.99. The van der Waals surface area contributed by atoms with Crippen molar-refractivity contribution < 1.29 is 8.42 Å². The lowest BCUT2D eigenvalue weighted by molar-refractivity contribution is 0.286. The molecular formula is C11H24N2O2S2. The third-order valence-corrected chi connectivity index (χ3v) is 5.52. The van der Waals surface area contributed by atoms with Crippen LogP contribution in [0, 0.1) is 5.92 Å². The monoisotopic (exact) mass is 280 g/mol. The molecule has 6 heteroatoms. The first-order valence-electron chi connectivity index (χ1n) is 6.18. The van der Waals surface area contributed by atoms with Crippen molar-refractivity contribution in [3.05, 3.63) is 0 Å². The van der Waals surface area contributed by atoms with Crippen molar-refractivity contribution in [2.45, 2.75) is 32.2 Å². The molecule has 0 bridgehead atoms. The summed E-state index contributed by atoms with van der Waals surface area (Å²) < 4.78 is 24.5. The van der Waals surface area contributed by atoms with E-state index in [0.29, 0.717) is 19.0 Å². The van der Waals surface area contributed by atoms with E-state index in [4.69, 9.17) is 5.73 Å². The number of hydrogen-bond acceptors (Lipinski definition) is 4. The molecule has 0 aromatic carbocycles. The second-order valence-electron chi connectivity index (χ2n) is 4.97. The maximum Gasteiger partial charge on any atom is 0.211 e. The third kappa shape index (κ3) is 6.08. The quantitative estimate of drug-likeness (QED) is 0.741. The Morgan fingerprint density at radius 3 is 2.82 bits per heavy atom. The lowest BCUT2D eigenvalue weighted by atomic mass is 10.0. The van der Waals surface area contributed by atoms with Crippen LogP contribution in [0.15, 0.2) is 0 Å². The first-order valence-corrected chi connectivity index (χ1v) is 9.18. The Morgan fingerprint density at radius 1 is 1.53 bits per heavy atom. The Labute approximate surface area is 109 Å². The lowest BCUT2D eigenvalue weighted by Crippen LogP contribution is -2.39. The summed E-state index contributed by atoms with van der Waals surface area (Å²) in [6.07, 6.45) is 4.48. The van der Waals surface area contributed by atoms with Crippen LogP contribution in [0.4, 0.5) is 0 Å². The third-order valence-electron chi connectivity index (χ3n) is 3.02. The smallest absolute Gasteiger partial charge is 0.211 e. The molecule has 0 amide bonds. The van der Waals surface area contributed by atoms with Gasteiger partial charge in [0.15, 0.2) is 0 Å². The molecule has 0 saturated carbocycles. The highest BCUT2D eigenvalue weighted by Gasteiger charge is 2.25. The minimum atomic E-state index is -3.00. The molecule has 1 aliphatic rings. The van der Waals surface area contributed by atoms with Gasteiger partial charge in [0, 0.05) is 19.1 Å². The van der Waals surface area contributed by atoms with Crippen molar-refractivity contribution in [1.29, 1.82) is 0 Å². The van der Waals surface area contributed by atoms with Crippen LogP contribution in [0.2, 0.25) is 0 Å². The molecule has 0 spiro atoms. The van der Waals surface area contributed by atoms with Crippen molar-refractivity contribution in [2.24, 2.45) is 11.7 Å². The van der Waals surface area contributed by atoms with Gasteiger partial charge >= 0.3 is 0 Å². The van der Waals surface area contributed by atoms with Gasteiger partial charge in [0.25, 0.3) is 0 Å². The normalized spacial score (nSPS) is 24.8. The fourth-order valence-electron chi connectivity index (χ4n) is 1.98. The molecule has 2 atom stereocenters. The van der Waals surface area contributed by atoms with E-state index in [1.165, 1.54) is 6.26 Å². The van der Waals surface area contributed by atoms with Crippen LogP contribution >= 0.6 is 11.8 Å². The summed E-state index contributed by atoms with van der Waals surface area (Å²) in [7, 11) is -3.00. The predicted molar refractivity (Wildman–Crippen MR) is 74.7 cm³/mol. The molecular weight excluding hydrogens is 256 g/mol. The average Bonchev–Trinajstić information content (AvgIpc) is 2.23. The molecule has 2 N–H and O–H groups in total. The number of sulfonamides is 1. The average molecular weight is 280 g/mol. The van der Waals surface area contributed by atoms with Gasteiger partial charge in [-0.05, 0) is 43.6 Å². The Morgan fingerprint density at radius 2 is 2.24 bits per heavy atom. The van der Waals surface area contributed by atoms with Gasteiger partial charge in [-0.2, -0.15) is 11.8 Å². The molecule has 0 aliphatic carbocycles. The molecule has 1 fully saturated rings. The summed E-state index contributed by atoms with van der Waals surface area (Å²) in [6, 6.07) is 0.265. The summed E-state index contributed by atoms with van der Waals surface area (Å²) in [4.78, 5) is 0. The Bertz CT molecular complexity index is 317. The Balaban J connectivity index is 2.26. The van der Waals surface area contributed by atoms with Crippen LogP contribution in [0.3, 0.4) is 0 Å². The molecule has 17 heavy (non-hydrogen) atoms. The molecule has 1 saturated heterocycles. The number of hydrogen-bond donors (Lipinski definition) is 1. The summed E-state index contributed by atoms with van der Waals surface area (Å²) >= 11 is 1.90. The van der Waals surface area contributed by atoms with Crippen LogP contribution in [0.5, 0.6) is 0 Å². The fourth-order valence-corrected chi connectivity index (χ4v) is 4.24. The SMILES string of the molecule is CC(N)CCSCC1CCCN(S(C)(=O)=O)C1. The second kappa shape index (κ2) is 6.97. The first-order chi connectivity index (χ1) is 7.89. The van der Waals surface area contributed by atoms with E-state index in [1.807, 2.05) is 18.7 Å². The van der Waals surface area contributed by atoms with E-state index < -0.39 is 10.0 Å². The number of piperidine rings is 1. The van der Waals surface area contributed by atoms with Gasteiger partial charge in [-0.25, -0.2) is 12.7 Å². The molecule has 1 heterocycles. The van der Waals surface area contributed by atoms with Crippen LogP contribution in [0.1, 0.15) is 26.2 Å². The maximum absolute atomic E-state index is 11.5. The van der Waals surface area contributed by atoms with Gasteiger partial charge in [-0.3, -0.25) is 0 Å². The summed E-state index contributed by atoms with van der Waals surface area (Å²) in [6.45, 7) is 3.41. The second-order valence-corrected chi connectivity index (χ2v) is 8.10. The van der Waals surface area contributed by atoms with E-state index in [0.717, 1.165) is 30.8 Å². The molecule has 0 radical (unpaired) electrons. The molecule has 2 unspecified atom stereocenters. The van der Waals surface area contributed by atoms with Gasteiger partial charge in [-0.1, -0.05) is 0 Å². The van der Waals surface area contributed by atoms with Gasteiger partial charge in [0.2, 0.25) is 10.0 Å². The number of thioether (sulfide) groups is 1. The minimum Gasteiger partial charge on any atom is -0.328 e. The molecule has 1 aliphatic heterocycles. The van der Waals surface area contributed by atoms with Crippen molar-refractivity contribution in [3.8, 4) is 0 Å². The zero-order valence-corrected chi connectivity index (χ0v) is 12.4. The highest BCUT2D eigenvalue weighted by Crippen LogP contribution is 2.22. The van der Waals surface area contributed by atoms with Gasteiger partial charge in [0.05, 0.1) is 6.26 Å². The van der Waals surface area contributed by atoms with Crippen molar-refractivity contribution >= 4 is 21.8 Å². The molecule has 0 aromatic heterocycles. The van der Waals surface area contributed by atoms with E-state index in [2.05, 4.69) is 0 Å². The molecule has 102 valence electrons. The first kappa shape index (κ1) is 15.3. The zero-order valence-electron chi connectivity index (χ0n) is 10.8. The summed E-state index contributed by atoms with van der Waals surface area (Å²) in [5, 5.41) is 0.